The van der Waals surface area contributed by atoms with Crippen LogP contribution < -0.4 is 5.73 Å². The number of rotatable bonds is 4. The molecule has 0 saturated carbocycles. The predicted molar refractivity (Wildman–Crippen MR) is 80.6 cm³/mol. The Bertz CT molecular complexity index is 709. The van der Waals surface area contributed by atoms with E-state index in [0.29, 0.717) is 5.75 Å². The molecule has 0 spiro atoms. The Labute approximate surface area is 120 Å². The topological polar surface area (TPSA) is 60.2 Å². The molecule has 3 rings (SSSR count). The first-order valence-corrected chi connectivity index (χ1v) is 7.96. The van der Waals surface area contributed by atoms with E-state index in [9.17, 15) is 9.00 Å². The highest BCUT2D eigenvalue weighted by atomic mass is 32.2. The van der Waals surface area contributed by atoms with Crippen molar-refractivity contribution in [3.05, 3.63) is 59.2 Å². The number of amides is 1. The molecule has 102 valence electrons. The molecular weight excluding hydrogens is 270 g/mol. The maximum atomic E-state index is 11.9. The lowest BCUT2D eigenvalue weighted by molar-refractivity contribution is -0.115. The van der Waals surface area contributed by atoms with Crippen LogP contribution in [-0.2, 0) is 27.8 Å². The van der Waals surface area contributed by atoms with Gasteiger partial charge in [-0.1, -0.05) is 42.5 Å². The highest BCUT2D eigenvalue weighted by molar-refractivity contribution is 7.84. The smallest absolute Gasteiger partial charge is 0.230 e. The van der Waals surface area contributed by atoms with Crippen LogP contribution in [0.15, 0.2) is 42.5 Å². The van der Waals surface area contributed by atoms with Crippen molar-refractivity contribution in [3.8, 4) is 11.1 Å². The van der Waals surface area contributed by atoms with Gasteiger partial charge in [0.2, 0.25) is 5.91 Å². The number of carbonyl (C=O) groups excluding carboxylic acids is 1. The van der Waals surface area contributed by atoms with Crippen LogP contribution in [0.4, 0.5) is 0 Å². The highest BCUT2D eigenvalue weighted by Crippen LogP contribution is 2.38. The van der Waals surface area contributed by atoms with E-state index in [1.165, 1.54) is 22.3 Å². The summed E-state index contributed by atoms with van der Waals surface area (Å²) < 4.78 is 11.9. The fourth-order valence-electron chi connectivity index (χ4n) is 2.74. The van der Waals surface area contributed by atoms with Crippen LogP contribution in [0.3, 0.4) is 0 Å². The Balaban J connectivity index is 1.93. The van der Waals surface area contributed by atoms with Gasteiger partial charge in [-0.15, -0.1) is 0 Å². The number of carbonyl (C=O) groups is 1. The SMILES string of the molecule is NC(=O)CS(=O)Cc1cccc2c1Cc1ccccc1-2. The molecule has 2 N–H and O–H groups in total. The third-order valence-corrected chi connectivity index (χ3v) is 4.81. The molecule has 3 nitrogen and oxygen atoms in total. The minimum absolute atomic E-state index is 0.0728. The molecule has 2 aromatic carbocycles. The van der Waals surface area contributed by atoms with Crippen molar-refractivity contribution in [2.24, 2.45) is 5.73 Å². The summed E-state index contributed by atoms with van der Waals surface area (Å²) in [5.41, 5.74) is 11.2. The standard InChI is InChI=1S/C16H15NO2S/c17-16(18)10-20(19)9-12-5-3-7-14-13-6-2-1-4-11(13)8-15(12)14/h1-7H,8-10H2,(H2,17,18). The molecule has 0 saturated heterocycles. The molecule has 2 aromatic rings. The Hall–Kier alpha value is -1.94. The third kappa shape index (κ3) is 2.39. The van der Waals surface area contributed by atoms with E-state index >= 15 is 0 Å². The molecule has 0 bridgehead atoms. The summed E-state index contributed by atoms with van der Waals surface area (Å²) in [5, 5.41) is 0. The van der Waals surface area contributed by atoms with E-state index in [2.05, 4.69) is 18.2 Å². The second kappa shape index (κ2) is 5.21. The average molecular weight is 285 g/mol. The van der Waals surface area contributed by atoms with Crippen LogP contribution >= 0.6 is 0 Å². The minimum Gasteiger partial charge on any atom is -0.369 e. The van der Waals surface area contributed by atoms with Gasteiger partial charge in [-0.3, -0.25) is 9.00 Å². The Kier molecular flexibility index (Phi) is 3.40. The fraction of sp³-hybridized carbons (Fsp3) is 0.188. The highest BCUT2D eigenvalue weighted by Gasteiger charge is 2.21. The molecule has 1 aliphatic carbocycles. The molecule has 20 heavy (non-hydrogen) atoms. The van der Waals surface area contributed by atoms with Crippen molar-refractivity contribution in [2.45, 2.75) is 12.2 Å². The van der Waals surface area contributed by atoms with Gasteiger partial charge in [0.15, 0.2) is 0 Å². The minimum atomic E-state index is -1.23. The summed E-state index contributed by atoms with van der Waals surface area (Å²) in [5.74, 6) is -0.198. The van der Waals surface area contributed by atoms with Gasteiger partial charge in [-0.2, -0.15) is 0 Å². The second-order valence-electron chi connectivity index (χ2n) is 4.97. The quantitative estimate of drug-likeness (QED) is 0.797. The fourth-order valence-corrected chi connectivity index (χ4v) is 3.78. The summed E-state index contributed by atoms with van der Waals surface area (Å²) in [6, 6.07) is 14.4. The van der Waals surface area contributed by atoms with Gasteiger partial charge >= 0.3 is 0 Å². The summed E-state index contributed by atoms with van der Waals surface area (Å²) in [6.07, 6.45) is 0.870. The van der Waals surface area contributed by atoms with Crippen LogP contribution in [0.5, 0.6) is 0 Å². The first kappa shape index (κ1) is 13.1. The zero-order chi connectivity index (χ0) is 14.1. The van der Waals surface area contributed by atoms with Crippen LogP contribution in [0.2, 0.25) is 0 Å². The summed E-state index contributed by atoms with van der Waals surface area (Å²) in [4.78, 5) is 10.8. The number of fused-ring (bicyclic) bond motifs is 3. The van der Waals surface area contributed by atoms with Gasteiger partial charge < -0.3 is 5.73 Å². The molecule has 1 atom stereocenters. The van der Waals surface area contributed by atoms with Gasteiger partial charge in [0, 0.05) is 16.6 Å². The van der Waals surface area contributed by atoms with E-state index < -0.39 is 16.7 Å². The van der Waals surface area contributed by atoms with Gasteiger partial charge in [0.05, 0.1) is 0 Å². The first-order chi connectivity index (χ1) is 9.65. The number of nitrogens with two attached hydrogens (primary N) is 1. The van der Waals surface area contributed by atoms with Crippen molar-refractivity contribution >= 4 is 16.7 Å². The molecule has 0 radical (unpaired) electrons. The van der Waals surface area contributed by atoms with Crippen LogP contribution in [0.1, 0.15) is 16.7 Å². The lowest BCUT2D eigenvalue weighted by Gasteiger charge is -2.07. The van der Waals surface area contributed by atoms with Crippen molar-refractivity contribution in [1.82, 2.24) is 0 Å². The zero-order valence-electron chi connectivity index (χ0n) is 11.0. The summed E-state index contributed by atoms with van der Waals surface area (Å²) in [6.45, 7) is 0. The number of hydrogen-bond donors (Lipinski definition) is 1. The molecule has 0 fully saturated rings. The monoisotopic (exact) mass is 285 g/mol. The van der Waals surface area contributed by atoms with Crippen LogP contribution in [-0.4, -0.2) is 15.9 Å². The molecule has 0 heterocycles. The van der Waals surface area contributed by atoms with Crippen molar-refractivity contribution in [3.63, 3.8) is 0 Å². The molecule has 1 aliphatic rings. The van der Waals surface area contributed by atoms with Gasteiger partial charge in [0.25, 0.3) is 0 Å². The molecule has 4 heteroatoms. The normalized spacial score (nSPS) is 13.6. The van der Waals surface area contributed by atoms with Crippen molar-refractivity contribution < 1.29 is 9.00 Å². The maximum Gasteiger partial charge on any atom is 0.230 e. The van der Waals surface area contributed by atoms with Crippen molar-refractivity contribution in [2.75, 3.05) is 5.75 Å². The maximum absolute atomic E-state index is 11.9. The lowest BCUT2D eigenvalue weighted by atomic mass is 10.0. The average Bonchev–Trinajstić information content (AvgIpc) is 2.78. The van der Waals surface area contributed by atoms with Crippen molar-refractivity contribution in [1.29, 1.82) is 0 Å². The number of hydrogen-bond acceptors (Lipinski definition) is 2. The largest absolute Gasteiger partial charge is 0.369 e. The summed E-state index contributed by atoms with van der Waals surface area (Å²) >= 11 is 0. The molecule has 1 unspecified atom stereocenters. The first-order valence-electron chi connectivity index (χ1n) is 6.47. The zero-order valence-corrected chi connectivity index (χ0v) is 11.8. The second-order valence-corrected chi connectivity index (χ2v) is 6.43. The van der Waals surface area contributed by atoms with E-state index in [1.807, 2.05) is 24.3 Å². The van der Waals surface area contributed by atoms with E-state index in [0.717, 1.165) is 12.0 Å². The molecule has 0 aliphatic heterocycles. The van der Waals surface area contributed by atoms with E-state index in [1.54, 1.807) is 0 Å². The van der Waals surface area contributed by atoms with E-state index in [4.69, 9.17) is 5.73 Å². The number of primary amides is 1. The Morgan fingerprint density at radius 1 is 1.10 bits per heavy atom. The lowest BCUT2D eigenvalue weighted by Crippen LogP contribution is -2.20. The van der Waals surface area contributed by atoms with Gasteiger partial charge in [-0.25, -0.2) is 0 Å². The predicted octanol–water partition coefficient (Wildman–Crippen LogP) is 1.99. The van der Waals surface area contributed by atoms with Gasteiger partial charge in [-0.05, 0) is 34.2 Å². The van der Waals surface area contributed by atoms with Gasteiger partial charge in [0.1, 0.15) is 5.75 Å². The molecule has 1 amide bonds. The summed E-state index contributed by atoms with van der Waals surface area (Å²) in [7, 11) is -1.23. The molecular formula is C16H15NO2S. The Morgan fingerprint density at radius 3 is 2.65 bits per heavy atom. The van der Waals surface area contributed by atoms with Crippen LogP contribution in [0.25, 0.3) is 11.1 Å². The third-order valence-electron chi connectivity index (χ3n) is 3.57. The van der Waals surface area contributed by atoms with Crippen LogP contribution in [0, 0.1) is 0 Å². The van der Waals surface area contributed by atoms with E-state index in [-0.39, 0.29) is 5.75 Å². The molecule has 0 aromatic heterocycles. The number of benzene rings is 2. The Morgan fingerprint density at radius 2 is 1.85 bits per heavy atom.